The molecule has 2 heterocycles. The number of aliphatic hydroxyl groups excluding tert-OH is 2. The molecule has 1 aliphatic heterocycles. The molecule has 0 bridgehead atoms. The molecule has 0 saturated carbocycles. The average molecular weight is 507 g/mol. The largest absolute Gasteiger partial charge is 0.479 e. The Hall–Kier alpha value is -4.02. The Morgan fingerprint density at radius 3 is 2.32 bits per heavy atom. The number of aliphatic carboxylic acids is 1. The second-order valence-corrected chi connectivity index (χ2v) is 9.22. The van der Waals surface area contributed by atoms with E-state index in [9.17, 15) is 29.7 Å². The Bertz CT molecular complexity index is 1220. The van der Waals surface area contributed by atoms with Gasteiger partial charge in [-0.05, 0) is 36.0 Å². The van der Waals surface area contributed by atoms with Gasteiger partial charge in [0.25, 0.3) is 11.8 Å². The molecule has 1 saturated heterocycles. The quantitative estimate of drug-likeness (QED) is 0.297. The van der Waals surface area contributed by atoms with E-state index in [0.717, 1.165) is 16.7 Å². The topological polar surface area (TPSA) is 156 Å². The first kappa shape index (κ1) is 26.1. The number of hydrogen-bond donors (Lipinski definition) is 5. The molecule has 1 fully saturated rings. The molecule has 5 N–H and O–H groups in total. The summed E-state index contributed by atoms with van der Waals surface area (Å²) < 4.78 is 0. The lowest BCUT2D eigenvalue weighted by Gasteiger charge is -2.29. The highest BCUT2D eigenvalue weighted by atomic mass is 16.4. The van der Waals surface area contributed by atoms with Crippen LogP contribution in [0.3, 0.4) is 0 Å². The molecule has 194 valence electrons. The molecule has 2 aromatic carbocycles. The van der Waals surface area contributed by atoms with Gasteiger partial charge in [0.05, 0.1) is 6.10 Å². The Kier molecular flexibility index (Phi) is 8.32. The molecule has 37 heavy (non-hydrogen) atoms. The van der Waals surface area contributed by atoms with E-state index in [4.69, 9.17) is 0 Å². The fourth-order valence-electron chi connectivity index (χ4n) is 4.36. The fraction of sp³-hybridized carbons (Fsp3) is 0.333. The summed E-state index contributed by atoms with van der Waals surface area (Å²) in [5.41, 5.74) is 3.07. The molecule has 0 spiro atoms. The van der Waals surface area contributed by atoms with Crippen LogP contribution in [0.1, 0.15) is 45.8 Å². The number of carbonyl (C=O) groups is 3. The van der Waals surface area contributed by atoms with E-state index in [2.05, 4.69) is 15.5 Å². The molecular weight excluding hydrogens is 476 g/mol. The molecule has 2 atom stereocenters. The van der Waals surface area contributed by atoms with Crippen molar-refractivity contribution in [2.75, 3.05) is 13.1 Å². The van der Waals surface area contributed by atoms with Crippen LogP contribution in [0.25, 0.3) is 11.1 Å². The highest BCUT2D eigenvalue weighted by molar-refractivity contribution is 5.97. The van der Waals surface area contributed by atoms with Crippen LogP contribution in [0.2, 0.25) is 0 Å². The summed E-state index contributed by atoms with van der Waals surface area (Å²) >= 11 is 0. The lowest BCUT2D eigenvalue weighted by molar-refractivity contribution is -0.147. The Labute approximate surface area is 213 Å². The highest BCUT2D eigenvalue weighted by Crippen LogP contribution is 2.20. The van der Waals surface area contributed by atoms with Crippen LogP contribution in [-0.2, 0) is 11.2 Å². The van der Waals surface area contributed by atoms with Crippen LogP contribution in [0, 0.1) is 0 Å². The first-order valence-corrected chi connectivity index (χ1v) is 12.2. The van der Waals surface area contributed by atoms with Gasteiger partial charge in [-0.2, -0.15) is 5.10 Å². The van der Waals surface area contributed by atoms with Crippen molar-refractivity contribution in [3.8, 4) is 11.1 Å². The van der Waals surface area contributed by atoms with E-state index in [1.165, 1.54) is 6.07 Å². The van der Waals surface area contributed by atoms with Crippen molar-refractivity contribution < 1.29 is 29.7 Å². The summed E-state index contributed by atoms with van der Waals surface area (Å²) in [6.07, 6.45) is -0.995. The van der Waals surface area contributed by atoms with E-state index < -0.39 is 30.1 Å². The maximum Gasteiger partial charge on any atom is 0.332 e. The molecule has 2 amide bonds. The number of benzene rings is 2. The number of aliphatic hydroxyl groups is 2. The van der Waals surface area contributed by atoms with Crippen molar-refractivity contribution in [2.24, 2.45) is 0 Å². The van der Waals surface area contributed by atoms with Crippen molar-refractivity contribution in [3.63, 3.8) is 0 Å². The van der Waals surface area contributed by atoms with Crippen LogP contribution < -0.4 is 5.32 Å². The predicted octanol–water partition coefficient (Wildman–Crippen LogP) is 1.85. The number of amides is 2. The van der Waals surface area contributed by atoms with Crippen molar-refractivity contribution in [2.45, 2.75) is 43.9 Å². The minimum absolute atomic E-state index is 0.0189. The zero-order chi connectivity index (χ0) is 26.4. The number of nitrogens with one attached hydrogen (secondary N) is 2. The third-order valence-corrected chi connectivity index (χ3v) is 6.46. The first-order chi connectivity index (χ1) is 17.8. The number of aromatic amines is 1. The van der Waals surface area contributed by atoms with Gasteiger partial charge < -0.3 is 25.5 Å². The average Bonchev–Trinajstić information content (AvgIpc) is 3.40. The Morgan fingerprint density at radius 2 is 1.68 bits per heavy atom. The zero-order valence-electron chi connectivity index (χ0n) is 20.2. The number of carboxylic acid groups (broad SMARTS) is 1. The van der Waals surface area contributed by atoms with Crippen molar-refractivity contribution >= 4 is 17.8 Å². The Balaban J connectivity index is 1.43. The molecular formula is C27H30N4O6. The van der Waals surface area contributed by atoms with Gasteiger partial charge in [-0.15, -0.1) is 0 Å². The van der Waals surface area contributed by atoms with Crippen LogP contribution in [0.15, 0.2) is 60.7 Å². The minimum atomic E-state index is -1.65. The lowest BCUT2D eigenvalue weighted by Crippen LogP contribution is -2.41. The Morgan fingerprint density at radius 1 is 1.03 bits per heavy atom. The summed E-state index contributed by atoms with van der Waals surface area (Å²) in [5, 5.41) is 38.1. The van der Waals surface area contributed by atoms with Crippen molar-refractivity contribution in [3.05, 3.63) is 77.6 Å². The minimum Gasteiger partial charge on any atom is -0.479 e. The summed E-state index contributed by atoms with van der Waals surface area (Å²) in [6.45, 7) is 0.831. The maximum atomic E-state index is 12.9. The number of likely N-dealkylation sites (tertiary alicyclic amines) is 1. The standard InChI is InChI=1S/C27H30N4O6/c32-21-10-12-31(13-11-21)26(35)23-16-22(29-30-23)25(34)28-20(15-24(33)27(36)37)14-17-6-8-19(9-7-17)18-4-2-1-3-5-18/h1-9,16,20-21,24,32-33H,10-15H2,(H,28,34)(H,29,30)(H,36,37)/t20-,24+/m1/s1. The van der Waals surface area contributed by atoms with Crippen LogP contribution in [0.4, 0.5) is 0 Å². The molecule has 0 radical (unpaired) electrons. The third kappa shape index (κ3) is 6.81. The fourth-order valence-corrected chi connectivity index (χ4v) is 4.36. The second kappa shape index (κ2) is 11.8. The number of hydrogen-bond acceptors (Lipinski definition) is 6. The van der Waals surface area contributed by atoms with Gasteiger partial charge in [-0.25, -0.2) is 4.79 Å². The van der Waals surface area contributed by atoms with E-state index in [1.807, 2.05) is 54.6 Å². The number of nitrogens with zero attached hydrogens (tertiary/aromatic N) is 2. The molecule has 4 rings (SSSR count). The van der Waals surface area contributed by atoms with Gasteiger partial charge in [0.2, 0.25) is 0 Å². The van der Waals surface area contributed by atoms with Gasteiger partial charge >= 0.3 is 5.97 Å². The summed E-state index contributed by atoms with van der Waals surface area (Å²) in [6, 6.07) is 18.2. The van der Waals surface area contributed by atoms with Gasteiger partial charge in [0.15, 0.2) is 11.8 Å². The smallest absolute Gasteiger partial charge is 0.332 e. The molecule has 3 aromatic rings. The number of carboxylic acids is 1. The highest BCUT2D eigenvalue weighted by Gasteiger charge is 2.26. The van der Waals surface area contributed by atoms with Crippen LogP contribution >= 0.6 is 0 Å². The van der Waals surface area contributed by atoms with Gasteiger partial charge in [-0.1, -0.05) is 54.6 Å². The molecule has 0 unspecified atom stereocenters. The first-order valence-electron chi connectivity index (χ1n) is 12.2. The molecule has 1 aliphatic rings. The maximum absolute atomic E-state index is 12.9. The second-order valence-electron chi connectivity index (χ2n) is 9.22. The van der Waals surface area contributed by atoms with E-state index in [1.54, 1.807) is 4.90 Å². The summed E-state index contributed by atoms with van der Waals surface area (Å²) in [5.74, 6) is -2.28. The normalized spacial score (nSPS) is 15.7. The molecule has 0 aliphatic carbocycles. The van der Waals surface area contributed by atoms with Crippen LogP contribution in [0.5, 0.6) is 0 Å². The lowest BCUT2D eigenvalue weighted by atomic mass is 9.97. The molecule has 10 heteroatoms. The van der Waals surface area contributed by atoms with Crippen molar-refractivity contribution in [1.82, 2.24) is 20.4 Å². The van der Waals surface area contributed by atoms with Crippen molar-refractivity contribution in [1.29, 1.82) is 0 Å². The van der Waals surface area contributed by atoms with E-state index in [-0.39, 0.29) is 30.1 Å². The number of piperidine rings is 1. The number of carbonyl (C=O) groups excluding carboxylic acids is 2. The summed E-state index contributed by atoms with van der Waals surface area (Å²) in [4.78, 5) is 38.5. The van der Waals surface area contributed by atoms with E-state index >= 15 is 0 Å². The molecule has 1 aromatic heterocycles. The van der Waals surface area contributed by atoms with Crippen LogP contribution in [-0.4, -0.2) is 79.5 Å². The SMILES string of the molecule is O=C(N[C@H](Cc1ccc(-c2ccccc2)cc1)C[C@H](O)C(=O)O)c1cc(C(=O)N2CCC(O)CC2)[nH]n1. The van der Waals surface area contributed by atoms with Gasteiger partial charge in [0, 0.05) is 31.6 Å². The van der Waals surface area contributed by atoms with Gasteiger partial charge in [0.1, 0.15) is 5.69 Å². The van der Waals surface area contributed by atoms with E-state index in [0.29, 0.717) is 25.9 Å². The number of aromatic nitrogens is 2. The number of H-pyrrole nitrogens is 1. The zero-order valence-corrected chi connectivity index (χ0v) is 20.2. The predicted molar refractivity (Wildman–Crippen MR) is 135 cm³/mol. The molecule has 10 nitrogen and oxygen atoms in total. The number of rotatable bonds is 9. The van der Waals surface area contributed by atoms with Gasteiger partial charge in [-0.3, -0.25) is 14.7 Å². The summed E-state index contributed by atoms with van der Waals surface area (Å²) in [7, 11) is 0. The third-order valence-electron chi connectivity index (χ3n) is 6.46. The monoisotopic (exact) mass is 506 g/mol.